The lowest BCUT2D eigenvalue weighted by atomic mass is 10.3. The summed E-state index contributed by atoms with van der Waals surface area (Å²) in [6.45, 7) is 1.91. The van der Waals surface area contributed by atoms with E-state index in [1.807, 2.05) is 5.38 Å². The molecule has 0 spiro atoms. The molecule has 1 atom stereocenters. The van der Waals surface area contributed by atoms with Crippen molar-refractivity contribution in [2.24, 2.45) is 0 Å². The standard InChI is InChI=1S/C14H13FO3S/c1-10(18-14(16)13-6-3-7-19-13)9-17-12-5-2-4-11(15)8-12/h2-8,10H,9H2,1H3. The van der Waals surface area contributed by atoms with E-state index in [2.05, 4.69) is 0 Å². The molecule has 2 rings (SSSR count). The quantitative estimate of drug-likeness (QED) is 0.786. The Labute approximate surface area is 114 Å². The minimum Gasteiger partial charge on any atom is -0.490 e. The third-order valence-electron chi connectivity index (χ3n) is 2.31. The first-order chi connectivity index (χ1) is 9.15. The van der Waals surface area contributed by atoms with Crippen LogP contribution in [0.3, 0.4) is 0 Å². The zero-order valence-corrected chi connectivity index (χ0v) is 11.2. The zero-order chi connectivity index (χ0) is 13.7. The van der Waals surface area contributed by atoms with Crippen LogP contribution in [0.1, 0.15) is 16.6 Å². The average Bonchev–Trinajstić information content (AvgIpc) is 2.90. The highest BCUT2D eigenvalue weighted by molar-refractivity contribution is 7.11. The second kappa shape index (κ2) is 6.33. The fourth-order valence-electron chi connectivity index (χ4n) is 1.44. The van der Waals surface area contributed by atoms with Crippen LogP contribution in [0.15, 0.2) is 41.8 Å². The van der Waals surface area contributed by atoms with Gasteiger partial charge >= 0.3 is 5.97 Å². The number of halogens is 1. The number of hydrogen-bond acceptors (Lipinski definition) is 4. The Hall–Kier alpha value is -1.88. The number of hydrogen-bond donors (Lipinski definition) is 0. The lowest BCUT2D eigenvalue weighted by Gasteiger charge is -2.13. The van der Waals surface area contributed by atoms with Gasteiger partial charge in [-0.15, -0.1) is 11.3 Å². The Bertz CT molecular complexity index is 539. The summed E-state index contributed by atoms with van der Waals surface area (Å²) < 4.78 is 23.5. The number of benzene rings is 1. The largest absolute Gasteiger partial charge is 0.490 e. The van der Waals surface area contributed by atoms with Crippen molar-refractivity contribution in [2.45, 2.75) is 13.0 Å². The highest BCUT2D eigenvalue weighted by Crippen LogP contribution is 2.14. The van der Waals surface area contributed by atoms with Crippen LogP contribution in [0.4, 0.5) is 4.39 Å². The van der Waals surface area contributed by atoms with E-state index in [0.29, 0.717) is 10.6 Å². The summed E-state index contributed by atoms with van der Waals surface area (Å²) in [5.41, 5.74) is 0. The number of rotatable bonds is 5. The van der Waals surface area contributed by atoms with Gasteiger partial charge in [0, 0.05) is 6.07 Å². The maximum absolute atomic E-state index is 12.9. The van der Waals surface area contributed by atoms with Crippen LogP contribution in [0.5, 0.6) is 5.75 Å². The third-order valence-corrected chi connectivity index (χ3v) is 3.16. The summed E-state index contributed by atoms with van der Waals surface area (Å²) in [7, 11) is 0. The Morgan fingerprint density at radius 2 is 2.21 bits per heavy atom. The lowest BCUT2D eigenvalue weighted by Crippen LogP contribution is -2.21. The van der Waals surface area contributed by atoms with Gasteiger partial charge in [-0.05, 0) is 30.5 Å². The maximum atomic E-state index is 12.9. The van der Waals surface area contributed by atoms with Crippen LogP contribution in [0.25, 0.3) is 0 Å². The van der Waals surface area contributed by atoms with Gasteiger partial charge in [-0.3, -0.25) is 0 Å². The monoisotopic (exact) mass is 280 g/mol. The minimum absolute atomic E-state index is 0.181. The molecule has 0 aliphatic carbocycles. The number of thiophene rings is 1. The third kappa shape index (κ3) is 4.06. The number of carbonyl (C=O) groups excluding carboxylic acids is 1. The van der Waals surface area contributed by atoms with Gasteiger partial charge in [-0.25, -0.2) is 9.18 Å². The summed E-state index contributed by atoms with van der Waals surface area (Å²) in [5, 5.41) is 1.81. The Morgan fingerprint density at radius 3 is 2.89 bits per heavy atom. The number of ether oxygens (including phenoxy) is 2. The summed E-state index contributed by atoms with van der Waals surface area (Å²) in [6.07, 6.45) is -0.405. The number of carbonyl (C=O) groups is 1. The molecular formula is C14H13FO3S. The van der Waals surface area contributed by atoms with Crippen LogP contribution in [-0.2, 0) is 4.74 Å². The second-order valence-corrected chi connectivity index (χ2v) is 4.91. The molecule has 1 aromatic heterocycles. The molecule has 0 bridgehead atoms. The molecule has 1 aromatic carbocycles. The molecule has 3 nitrogen and oxygen atoms in total. The van der Waals surface area contributed by atoms with Crippen LogP contribution in [-0.4, -0.2) is 18.7 Å². The number of esters is 1. The molecule has 2 aromatic rings. The first-order valence-electron chi connectivity index (χ1n) is 5.78. The van der Waals surface area contributed by atoms with E-state index in [1.165, 1.54) is 23.5 Å². The zero-order valence-electron chi connectivity index (χ0n) is 10.3. The topological polar surface area (TPSA) is 35.5 Å². The average molecular weight is 280 g/mol. The van der Waals surface area contributed by atoms with E-state index < -0.39 is 6.10 Å². The smallest absolute Gasteiger partial charge is 0.348 e. The summed E-state index contributed by atoms with van der Waals surface area (Å²) in [5.74, 6) is -0.315. The molecule has 0 saturated carbocycles. The van der Waals surface area contributed by atoms with E-state index in [4.69, 9.17) is 9.47 Å². The van der Waals surface area contributed by atoms with Crippen LogP contribution < -0.4 is 4.74 Å². The van der Waals surface area contributed by atoms with Crippen molar-refractivity contribution in [3.05, 3.63) is 52.5 Å². The fourth-order valence-corrected chi connectivity index (χ4v) is 2.05. The minimum atomic E-state index is -0.405. The van der Waals surface area contributed by atoms with E-state index in [9.17, 15) is 9.18 Å². The normalized spacial score (nSPS) is 11.9. The molecule has 19 heavy (non-hydrogen) atoms. The molecule has 0 amide bonds. The van der Waals surface area contributed by atoms with Crippen molar-refractivity contribution < 1.29 is 18.7 Å². The van der Waals surface area contributed by atoms with E-state index in [0.717, 1.165) is 0 Å². The molecule has 1 unspecified atom stereocenters. The van der Waals surface area contributed by atoms with Crippen LogP contribution >= 0.6 is 11.3 Å². The molecule has 100 valence electrons. The first-order valence-corrected chi connectivity index (χ1v) is 6.66. The van der Waals surface area contributed by atoms with Crippen molar-refractivity contribution >= 4 is 17.3 Å². The van der Waals surface area contributed by atoms with E-state index >= 15 is 0 Å². The highest BCUT2D eigenvalue weighted by atomic mass is 32.1. The van der Waals surface area contributed by atoms with Crippen molar-refractivity contribution in [3.63, 3.8) is 0 Å². The van der Waals surface area contributed by atoms with Crippen molar-refractivity contribution in [1.29, 1.82) is 0 Å². The molecule has 0 fully saturated rings. The summed E-state index contributed by atoms with van der Waals surface area (Å²) in [6, 6.07) is 9.33. The predicted octanol–water partition coefficient (Wildman–Crippen LogP) is 3.51. The fraction of sp³-hybridized carbons (Fsp3) is 0.214. The Kier molecular flexibility index (Phi) is 4.52. The molecule has 0 saturated heterocycles. The van der Waals surface area contributed by atoms with Gasteiger partial charge in [0.15, 0.2) is 0 Å². The molecule has 0 radical (unpaired) electrons. The van der Waals surface area contributed by atoms with Gasteiger partial charge < -0.3 is 9.47 Å². The molecular weight excluding hydrogens is 267 g/mol. The van der Waals surface area contributed by atoms with Crippen molar-refractivity contribution in [2.75, 3.05) is 6.61 Å². The first kappa shape index (κ1) is 13.5. The van der Waals surface area contributed by atoms with Gasteiger partial charge in [0.2, 0.25) is 0 Å². The molecule has 0 N–H and O–H groups in total. The van der Waals surface area contributed by atoms with Crippen molar-refractivity contribution in [1.82, 2.24) is 0 Å². The van der Waals surface area contributed by atoms with Gasteiger partial charge in [0.05, 0.1) is 0 Å². The lowest BCUT2D eigenvalue weighted by molar-refractivity contribution is 0.0234. The van der Waals surface area contributed by atoms with Gasteiger partial charge in [-0.1, -0.05) is 12.1 Å². The van der Waals surface area contributed by atoms with Crippen LogP contribution in [0.2, 0.25) is 0 Å². The molecule has 0 aliphatic rings. The van der Waals surface area contributed by atoms with Gasteiger partial charge in [0.1, 0.15) is 29.2 Å². The predicted molar refractivity (Wildman–Crippen MR) is 71.1 cm³/mol. The second-order valence-electron chi connectivity index (χ2n) is 3.96. The Morgan fingerprint density at radius 1 is 1.37 bits per heavy atom. The van der Waals surface area contributed by atoms with Gasteiger partial charge in [0.25, 0.3) is 0 Å². The maximum Gasteiger partial charge on any atom is 0.348 e. The van der Waals surface area contributed by atoms with Crippen molar-refractivity contribution in [3.8, 4) is 5.75 Å². The molecule has 0 aliphatic heterocycles. The van der Waals surface area contributed by atoms with E-state index in [-0.39, 0.29) is 18.4 Å². The summed E-state index contributed by atoms with van der Waals surface area (Å²) in [4.78, 5) is 12.2. The highest BCUT2D eigenvalue weighted by Gasteiger charge is 2.13. The molecule has 5 heteroatoms. The summed E-state index contributed by atoms with van der Waals surface area (Å²) >= 11 is 1.32. The van der Waals surface area contributed by atoms with Crippen LogP contribution in [0, 0.1) is 5.82 Å². The Balaban J connectivity index is 1.82. The van der Waals surface area contributed by atoms with E-state index in [1.54, 1.807) is 31.2 Å². The SMILES string of the molecule is CC(COc1cccc(F)c1)OC(=O)c1cccs1. The molecule has 1 heterocycles. The van der Waals surface area contributed by atoms with Gasteiger partial charge in [-0.2, -0.15) is 0 Å².